The summed E-state index contributed by atoms with van der Waals surface area (Å²) in [6, 6.07) is 8.41. The van der Waals surface area contributed by atoms with Crippen LogP contribution in [-0.2, 0) is 0 Å². The molecule has 4 nitrogen and oxygen atoms in total. The number of pyridine rings is 2. The minimum atomic E-state index is -0.296. The topological polar surface area (TPSA) is 54.9 Å². The SMILES string of the molecule is O=C(Nc1ccc(Cl)cn1)c1ccccn1. The minimum Gasteiger partial charge on any atom is -0.305 e. The lowest BCUT2D eigenvalue weighted by molar-refractivity contribution is 0.102. The molecule has 0 aliphatic heterocycles. The van der Waals surface area contributed by atoms with Gasteiger partial charge in [0.25, 0.3) is 5.91 Å². The summed E-state index contributed by atoms with van der Waals surface area (Å²) < 4.78 is 0. The van der Waals surface area contributed by atoms with E-state index in [-0.39, 0.29) is 5.91 Å². The summed E-state index contributed by atoms with van der Waals surface area (Å²) in [6.45, 7) is 0. The summed E-state index contributed by atoms with van der Waals surface area (Å²) in [5.41, 5.74) is 0.347. The molecule has 0 aromatic carbocycles. The fourth-order valence-corrected chi connectivity index (χ4v) is 1.24. The van der Waals surface area contributed by atoms with Gasteiger partial charge in [-0.15, -0.1) is 0 Å². The lowest BCUT2D eigenvalue weighted by Crippen LogP contribution is -2.14. The van der Waals surface area contributed by atoms with Crippen molar-refractivity contribution >= 4 is 23.3 Å². The van der Waals surface area contributed by atoms with Gasteiger partial charge in [0, 0.05) is 12.4 Å². The van der Waals surface area contributed by atoms with Crippen molar-refractivity contribution in [2.24, 2.45) is 0 Å². The van der Waals surface area contributed by atoms with Crippen LogP contribution in [0, 0.1) is 0 Å². The molecule has 16 heavy (non-hydrogen) atoms. The lowest BCUT2D eigenvalue weighted by atomic mass is 10.3. The molecule has 0 unspecified atom stereocenters. The highest BCUT2D eigenvalue weighted by molar-refractivity contribution is 6.30. The van der Waals surface area contributed by atoms with E-state index in [1.165, 1.54) is 6.20 Å². The van der Waals surface area contributed by atoms with Crippen LogP contribution in [0.4, 0.5) is 5.82 Å². The van der Waals surface area contributed by atoms with E-state index < -0.39 is 0 Å². The van der Waals surface area contributed by atoms with Crippen molar-refractivity contribution in [3.05, 3.63) is 53.4 Å². The van der Waals surface area contributed by atoms with Crippen molar-refractivity contribution in [3.8, 4) is 0 Å². The first kappa shape index (κ1) is 10.6. The molecule has 0 saturated carbocycles. The number of rotatable bonds is 2. The van der Waals surface area contributed by atoms with Crippen LogP contribution in [-0.4, -0.2) is 15.9 Å². The minimum absolute atomic E-state index is 0.296. The molecule has 0 aliphatic carbocycles. The summed E-state index contributed by atoms with van der Waals surface area (Å²) >= 11 is 5.68. The van der Waals surface area contributed by atoms with Gasteiger partial charge in [-0.25, -0.2) is 4.98 Å². The molecular formula is C11H8ClN3O. The molecule has 1 N–H and O–H groups in total. The number of carbonyl (C=O) groups excluding carboxylic acids is 1. The highest BCUT2D eigenvalue weighted by atomic mass is 35.5. The molecule has 1 amide bonds. The number of hydrogen-bond donors (Lipinski definition) is 1. The van der Waals surface area contributed by atoms with E-state index in [0.29, 0.717) is 16.5 Å². The monoisotopic (exact) mass is 233 g/mol. The van der Waals surface area contributed by atoms with Gasteiger partial charge in [-0.3, -0.25) is 9.78 Å². The molecule has 0 spiro atoms. The number of hydrogen-bond acceptors (Lipinski definition) is 3. The average Bonchev–Trinajstić information content (AvgIpc) is 2.33. The predicted octanol–water partition coefficient (Wildman–Crippen LogP) is 2.38. The van der Waals surface area contributed by atoms with E-state index in [4.69, 9.17) is 11.6 Å². The third-order valence-electron chi connectivity index (χ3n) is 1.87. The maximum Gasteiger partial charge on any atom is 0.275 e. The summed E-state index contributed by atoms with van der Waals surface area (Å²) in [7, 11) is 0. The van der Waals surface area contributed by atoms with Gasteiger partial charge in [-0.05, 0) is 24.3 Å². The van der Waals surface area contributed by atoms with Crippen LogP contribution >= 0.6 is 11.6 Å². The standard InChI is InChI=1S/C11H8ClN3O/c12-8-4-5-10(14-7-8)15-11(16)9-3-1-2-6-13-9/h1-7H,(H,14,15,16). The molecule has 0 radical (unpaired) electrons. The second-order valence-corrected chi connectivity index (χ2v) is 3.47. The Kier molecular flexibility index (Phi) is 3.12. The van der Waals surface area contributed by atoms with Crippen molar-refractivity contribution in [2.45, 2.75) is 0 Å². The highest BCUT2D eigenvalue weighted by Crippen LogP contribution is 2.10. The quantitative estimate of drug-likeness (QED) is 0.867. The molecule has 2 rings (SSSR count). The predicted molar refractivity (Wildman–Crippen MR) is 61.4 cm³/mol. The van der Waals surface area contributed by atoms with Crippen molar-refractivity contribution in [1.82, 2.24) is 9.97 Å². The van der Waals surface area contributed by atoms with E-state index >= 15 is 0 Å². The first-order valence-electron chi connectivity index (χ1n) is 4.59. The zero-order chi connectivity index (χ0) is 11.4. The van der Waals surface area contributed by atoms with E-state index in [2.05, 4.69) is 15.3 Å². The van der Waals surface area contributed by atoms with E-state index in [9.17, 15) is 4.79 Å². The van der Waals surface area contributed by atoms with Gasteiger partial charge in [-0.1, -0.05) is 17.7 Å². The summed E-state index contributed by atoms with van der Waals surface area (Å²) in [5, 5.41) is 3.14. The Balaban J connectivity index is 2.11. The smallest absolute Gasteiger partial charge is 0.275 e. The van der Waals surface area contributed by atoms with Crippen LogP contribution in [0.2, 0.25) is 5.02 Å². The molecule has 0 atom stereocenters. The fraction of sp³-hybridized carbons (Fsp3) is 0. The van der Waals surface area contributed by atoms with Crippen molar-refractivity contribution in [3.63, 3.8) is 0 Å². The Morgan fingerprint density at radius 1 is 1.19 bits per heavy atom. The maximum absolute atomic E-state index is 11.7. The van der Waals surface area contributed by atoms with Gasteiger partial charge >= 0.3 is 0 Å². The molecule has 0 bridgehead atoms. The number of halogens is 1. The molecule has 2 aromatic heterocycles. The third kappa shape index (κ3) is 2.55. The number of nitrogens with zero attached hydrogens (tertiary/aromatic N) is 2. The number of nitrogens with one attached hydrogen (secondary N) is 1. The lowest BCUT2D eigenvalue weighted by Gasteiger charge is -2.02. The molecular weight excluding hydrogens is 226 g/mol. The van der Waals surface area contributed by atoms with Gasteiger partial charge < -0.3 is 5.32 Å². The normalized spacial score (nSPS) is 9.81. The zero-order valence-corrected chi connectivity index (χ0v) is 8.98. The Morgan fingerprint density at radius 2 is 2.06 bits per heavy atom. The van der Waals surface area contributed by atoms with Crippen molar-refractivity contribution < 1.29 is 4.79 Å². The second-order valence-electron chi connectivity index (χ2n) is 3.03. The fourth-order valence-electron chi connectivity index (χ4n) is 1.13. The number of amides is 1. The number of anilines is 1. The van der Waals surface area contributed by atoms with E-state index in [0.717, 1.165) is 0 Å². The van der Waals surface area contributed by atoms with Crippen molar-refractivity contribution in [2.75, 3.05) is 5.32 Å². The highest BCUT2D eigenvalue weighted by Gasteiger charge is 2.06. The molecule has 2 heterocycles. The molecule has 80 valence electrons. The third-order valence-corrected chi connectivity index (χ3v) is 2.09. The van der Waals surface area contributed by atoms with E-state index in [1.807, 2.05) is 0 Å². The Hall–Kier alpha value is -1.94. The van der Waals surface area contributed by atoms with Crippen LogP contribution in [0.15, 0.2) is 42.7 Å². The number of carbonyl (C=O) groups is 1. The molecule has 0 aliphatic rings. The summed E-state index contributed by atoms with van der Waals surface area (Å²) in [4.78, 5) is 19.5. The number of aromatic nitrogens is 2. The maximum atomic E-state index is 11.7. The second kappa shape index (κ2) is 4.72. The van der Waals surface area contributed by atoms with Crippen molar-refractivity contribution in [1.29, 1.82) is 0 Å². The van der Waals surface area contributed by atoms with E-state index in [1.54, 1.807) is 36.5 Å². The molecule has 2 aromatic rings. The largest absolute Gasteiger partial charge is 0.305 e. The van der Waals surface area contributed by atoms with Gasteiger partial charge in [0.15, 0.2) is 0 Å². The van der Waals surface area contributed by atoms with Gasteiger partial charge in [0.1, 0.15) is 11.5 Å². The van der Waals surface area contributed by atoms with Crippen LogP contribution in [0.25, 0.3) is 0 Å². The van der Waals surface area contributed by atoms with Gasteiger partial charge in [-0.2, -0.15) is 0 Å². The Bertz CT molecular complexity index is 484. The Morgan fingerprint density at radius 3 is 2.69 bits per heavy atom. The summed E-state index contributed by atoms with van der Waals surface area (Å²) in [6.07, 6.45) is 3.03. The average molecular weight is 234 g/mol. The zero-order valence-electron chi connectivity index (χ0n) is 8.22. The Labute approximate surface area is 97.3 Å². The van der Waals surface area contributed by atoms with Gasteiger partial charge in [0.2, 0.25) is 0 Å². The molecule has 5 heteroatoms. The van der Waals surface area contributed by atoms with Crippen LogP contribution in [0.3, 0.4) is 0 Å². The first-order chi connectivity index (χ1) is 7.75. The van der Waals surface area contributed by atoms with Gasteiger partial charge in [0.05, 0.1) is 5.02 Å². The van der Waals surface area contributed by atoms with Crippen LogP contribution in [0.5, 0.6) is 0 Å². The van der Waals surface area contributed by atoms with Crippen LogP contribution in [0.1, 0.15) is 10.5 Å². The first-order valence-corrected chi connectivity index (χ1v) is 4.97. The molecule has 0 fully saturated rings. The van der Waals surface area contributed by atoms with Crippen LogP contribution < -0.4 is 5.32 Å². The summed E-state index contributed by atoms with van der Waals surface area (Å²) in [5.74, 6) is 0.149. The molecule has 0 saturated heterocycles.